The summed E-state index contributed by atoms with van der Waals surface area (Å²) in [6, 6.07) is 19.6. The smallest absolute Gasteiger partial charge is 0.258 e. The standard InChI is InChI=1S/C18H16NO2S2/c1-23(2)17-15(13-9-5-3-6-10-13)18(19(20)21)22-16(17)14-11-7-4-8-12-14/h3-12H,1-2H3/q+1. The fourth-order valence-electron chi connectivity index (χ4n) is 2.56. The summed E-state index contributed by atoms with van der Waals surface area (Å²) in [6.07, 6.45) is 4.23. The van der Waals surface area contributed by atoms with Crippen molar-refractivity contribution in [1.29, 1.82) is 0 Å². The fourth-order valence-corrected chi connectivity index (χ4v) is 5.40. The lowest BCUT2D eigenvalue weighted by Gasteiger charge is -2.04. The van der Waals surface area contributed by atoms with Crippen molar-refractivity contribution in [2.75, 3.05) is 12.5 Å². The van der Waals surface area contributed by atoms with Crippen molar-refractivity contribution in [3.8, 4) is 21.6 Å². The average Bonchev–Trinajstić information content (AvgIpc) is 2.97. The van der Waals surface area contributed by atoms with E-state index in [2.05, 4.69) is 12.5 Å². The first-order valence-corrected chi connectivity index (χ1v) is 9.95. The normalized spacial score (nSPS) is 10.9. The second kappa shape index (κ2) is 6.56. The van der Waals surface area contributed by atoms with Crippen molar-refractivity contribution in [3.05, 3.63) is 70.8 Å². The predicted molar refractivity (Wildman–Crippen MR) is 99.3 cm³/mol. The first kappa shape index (κ1) is 15.8. The minimum atomic E-state index is -0.254. The number of rotatable bonds is 4. The maximum atomic E-state index is 11.6. The third kappa shape index (κ3) is 3.02. The van der Waals surface area contributed by atoms with Crippen LogP contribution in [-0.2, 0) is 10.9 Å². The summed E-state index contributed by atoms with van der Waals surface area (Å²) in [5.74, 6) is 0. The van der Waals surface area contributed by atoms with Crippen molar-refractivity contribution in [1.82, 2.24) is 0 Å². The summed E-state index contributed by atoms with van der Waals surface area (Å²) in [7, 11) is -0.0928. The van der Waals surface area contributed by atoms with Crippen molar-refractivity contribution in [2.24, 2.45) is 0 Å². The van der Waals surface area contributed by atoms with Crippen LogP contribution in [0.2, 0.25) is 0 Å². The molecule has 0 fully saturated rings. The van der Waals surface area contributed by atoms with Crippen molar-refractivity contribution in [2.45, 2.75) is 4.90 Å². The second-order valence-electron chi connectivity index (χ2n) is 5.25. The molecule has 116 valence electrons. The Morgan fingerprint density at radius 3 is 1.91 bits per heavy atom. The molecule has 0 radical (unpaired) electrons. The second-order valence-corrected chi connectivity index (χ2v) is 8.29. The molecular formula is C18H16NO2S2+. The molecule has 23 heavy (non-hydrogen) atoms. The molecule has 3 aromatic rings. The molecule has 2 aromatic carbocycles. The van der Waals surface area contributed by atoms with Crippen LogP contribution in [0.25, 0.3) is 21.6 Å². The Morgan fingerprint density at radius 1 is 0.913 bits per heavy atom. The molecule has 1 aromatic heterocycles. The van der Waals surface area contributed by atoms with E-state index in [1.165, 1.54) is 11.3 Å². The van der Waals surface area contributed by atoms with Crippen molar-refractivity contribution in [3.63, 3.8) is 0 Å². The van der Waals surface area contributed by atoms with Crippen molar-refractivity contribution >= 4 is 27.2 Å². The molecule has 3 nitrogen and oxygen atoms in total. The number of nitrogens with zero attached hydrogens (tertiary/aromatic N) is 1. The molecule has 0 saturated carbocycles. The fraction of sp³-hybridized carbons (Fsp3) is 0.111. The summed E-state index contributed by atoms with van der Waals surface area (Å²) >= 11 is 1.28. The highest BCUT2D eigenvalue weighted by Gasteiger charge is 2.34. The maximum absolute atomic E-state index is 11.6. The van der Waals surface area contributed by atoms with E-state index >= 15 is 0 Å². The minimum absolute atomic E-state index is 0.0928. The van der Waals surface area contributed by atoms with Gasteiger partial charge in [0.15, 0.2) is 4.90 Å². The Morgan fingerprint density at radius 2 is 1.43 bits per heavy atom. The molecule has 0 amide bonds. The molecule has 0 bridgehead atoms. The van der Waals surface area contributed by atoms with E-state index in [0.717, 1.165) is 26.5 Å². The molecule has 0 aliphatic carbocycles. The zero-order chi connectivity index (χ0) is 16.4. The molecule has 1 heterocycles. The number of benzene rings is 2. The SMILES string of the molecule is C[S+](C)c1c(-c2ccccc2)sc([N+](=O)[O-])c1-c1ccccc1. The Hall–Kier alpha value is -2.11. The zero-order valence-electron chi connectivity index (χ0n) is 12.9. The molecule has 5 heteroatoms. The minimum Gasteiger partial charge on any atom is -0.258 e. The van der Waals surface area contributed by atoms with Gasteiger partial charge >= 0.3 is 5.00 Å². The maximum Gasteiger partial charge on any atom is 0.337 e. The van der Waals surface area contributed by atoms with E-state index in [-0.39, 0.29) is 20.8 Å². The summed E-state index contributed by atoms with van der Waals surface area (Å²) in [5, 5.41) is 11.9. The molecule has 0 aliphatic heterocycles. The van der Waals surface area contributed by atoms with Crippen LogP contribution in [0.15, 0.2) is 65.6 Å². The van der Waals surface area contributed by atoms with Crippen LogP contribution in [0.5, 0.6) is 0 Å². The summed E-state index contributed by atoms with van der Waals surface area (Å²) in [4.78, 5) is 13.5. The van der Waals surface area contributed by atoms with Gasteiger partial charge in [-0.3, -0.25) is 10.1 Å². The first-order chi connectivity index (χ1) is 11.1. The zero-order valence-corrected chi connectivity index (χ0v) is 14.5. The van der Waals surface area contributed by atoms with Crippen LogP contribution < -0.4 is 0 Å². The third-order valence-electron chi connectivity index (χ3n) is 3.52. The summed E-state index contributed by atoms with van der Waals surface area (Å²) < 4.78 is 0. The highest BCUT2D eigenvalue weighted by molar-refractivity contribution is 7.96. The number of hydrogen-bond acceptors (Lipinski definition) is 3. The first-order valence-electron chi connectivity index (χ1n) is 7.09. The Kier molecular flexibility index (Phi) is 4.50. The van der Waals surface area contributed by atoms with Gasteiger partial charge in [0.05, 0.1) is 9.80 Å². The molecular weight excluding hydrogens is 326 g/mol. The topological polar surface area (TPSA) is 43.1 Å². The summed E-state index contributed by atoms with van der Waals surface area (Å²) in [5.41, 5.74) is 2.72. The quantitative estimate of drug-likeness (QED) is 0.370. The van der Waals surface area contributed by atoms with Gasteiger partial charge in [-0.1, -0.05) is 72.0 Å². The van der Waals surface area contributed by atoms with Crippen LogP contribution in [0.4, 0.5) is 5.00 Å². The van der Waals surface area contributed by atoms with E-state index in [0.29, 0.717) is 0 Å². The Balaban J connectivity index is 2.33. The van der Waals surface area contributed by atoms with E-state index in [9.17, 15) is 10.1 Å². The van der Waals surface area contributed by atoms with Crippen LogP contribution in [0.3, 0.4) is 0 Å². The Labute approximate surface area is 142 Å². The van der Waals surface area contributed by atoms with Gasteiger partial charge in [-0.2, -0.15) is 0 Å². The van der Waals surface area contributed by atoms with Gasteiger partial charge in [0.2, 0.25) is 0 Å². The molecule has 0 unspecified atom stereocenters. The summed E-state index contributed by atoms with van der Waals surface area (Å²) in [6.45, 7) is 0. The predicted octanol–water partition coefficient (Wildman–Crippen LogP) is 5.23. The van der Waals surface area contributed by atoms with Crippen molar-refractivity contribution < 1.29 is 4.92 Å². The molecule has 0 spiro atoms. The van der Waals surface area contributed by atoms with E-state index in [4.69, 9.17) is 0 Å². The monoisotopic (exact) mass is 342 g/mol. The van der Waals surface area contributed by atoms with Gasteiger partial charge in [-0.25, -0.2) is 0 Å². The number of thiophene rings is 1. The van der Waals surface area contributed by atoms with Crippen LogP contribution in [0, 0.1) is 10.1 Å². The molecule has 0 saturated heterocycles. The highest BCUT2D eigenvalue weighted by atomic mass is 32.2. The van der Waals surface area contributed by atoms with Gasteiger partial charge in [0.1, 0.15) is 18.1 Å². The van der Waals surface area contributed by atoms with Gasteiger partial charge in [-0.05, 0) is 11.1 Å². The van der Waals surface area contributed by atoms with Crippen LogP contribution in [0.1, 0.15) is 0 Å². The lowest BCUT2D eigenvalue weighted by molar-refractivity contribution is -0.379. The highest BCUT2D eigenvalue weighted by Crippen LogP contribution is 2.48. The third-order valence-corrected chi connectivity index (χ3v) is 6.06. The van der Waals surface area contributed by atoms with E-state index in [1.807, 2.05) is 60.7 Å². The van der Waals surface area contributed by atoms with Gasteiger partial charge in [0, 0.05) is 10.9 Å². The molecule has 0 N–H and O–H groups in total. The lowest BCUT2D eigenvalue weighted by Crippen LogP contribution is -1.99. The molecule has 3 rings (SSSR count). The van der Waals surface area contributed by atoms with Gasteiger partial charge < -0.3 is 0 Å². The number of nitro groups is 1. The molecule has 0 aliphatic rings. The van der Waals surface area contributed by atoms with Gasteiger partial charge in [-0.15, -0.1) is 0 Å². The Bertz CT molecular complexity index is 827. The van der Waals surface area contributed by atoms with Gasteiger partial charge in [0.25, 0.3) is 0 Å². The average molecular weight is 342 g/mol. The lowest BCUT2D eigenvalue weighted by atomic mass is 10.1. The number of hydrogen-bond donors (Lipinski definition) is 0. The van der Waals surface area contributed by atoms with Crippen LogP contribution in [-0.4, -0.2) is 17.4 Å². The molecule has 0 atom stereocenters. The van der Waals surface area contributed by atoms with Crippen LogP contribution >= 0.6 is 11.3 Å². The van der Waals surface area contributed by atoms with E-state index < -0.39 is 0 Å². The largest absolute Gasteiger partial charge is 0.337 e. The van der Waals surface area contributed by atoms with E-state index in [1.54, 1.807) is 0 Å².